The van der Waals surface area contributed by atoms with Crippen LogP contribution in [0.3, 0.4) is 0 Å². The van der Waals surface area contributed by atoms with E-state index in [9.17, 15) is 9.90 Å². The highest BCUT2D eigenvalue weighted by molar-refractivity contribution is 7.98. The van der Waals surface area contributed by atoms with Crippen molar-refractivity contribution in [2.24, 2.45) is 0 Å². The van der Waals surface area contributed by atoms with Gasteiger partial charge in [-0.3, -0.25) is 4.79 Å². The Bertz CT molecular complexity index is 533. The molecule has 108 valence electrons. The van der Waals surface area contributed by atoms with Crippen molar-refractivity contribution in [2.75, 3.05) is 12.9 Å². The van der Waals surface area contributed by atoms with Crippen molar-refractivity contribution < 1.29 is 14.6 Å². The van der Waals surface area contributed by atoms with E-state index in [-0.39, 0.29) is 12.2 Å². The first-order valence-electron chi connectivity index (χ1n) is 5.62. The molecule has 0 aliphatic heterocycles. The lowest BCUT2D eigenvalue weighted by atomic mass is 10.1. The number of nitriles is 1. The van der Waals surface area contributed by atoms with Crippen molar-refractivity contribution in [2.45, 2.75) is 17.8 Å². The van der Waals surface area contributed by atoms with E-state index in [1.807, 2.05) is 0 Å². The van der Waals surface area contributed by atoms with Gasteiger partial charge in [0.25, 0.3) is 0 Å². The van der Waals surface area contributed by atoms with Gasteiger partial charge in [-0.25, -0.2) is 0 Å². The summed E-state index contributed by atoms with van der Waals surface area (Å²) in [7, 11) is 1.21. The van der Waals surface area contributed by atoms with Crippen LogP contribution in [0.25, 0.3) is 0 Å². The number of carbonyl (C=O) groups is 1. The van der Waals surface area contributed by atoms with Crippen LogP contribution >= 0.6 is 35.0 Å². The lowest BCUT2D eigenvalue weighted by Crippen LogP contribution is -2.33. The number of benzene rings is 1. The molecule has 4 nitrogen and oxygen atoms in total. The molecule has 0 saturated carbocycles. The maximum Gasteiger partial charge on any atom is 0.309 e. The lowest BCUT2D eigenvalue weighted by Gasteiger charge is -2.18. The number of hydrogen-bond acceptors (Lipinski definition) is 5. The highest BCUT2D eigenvalue weighted by atomic mass is 35.5. The summed E-state index contributed by atoms with van der Waals surface area (Å²) >= 11 is 13.1. The standard InChI is InChI=1S/C13H13Cl2NO3S/c1-19-12(17)5-13(18,7-16)8-20-6-9-2-3-10(14)4-11(9)15/h2-4,18H,5-6,8H2,1H3. The number of methoxy groups -OCH3 is 1. The Labute approximate surface area is 131 Å². The van der Waals surface area contributed by atoms with Crippen molar-refractivity contribution in [1.29, 1.82) is 5.26 Å². The molecule has 1 N–H and O–H groups in total. The summed E-state index contributed by atoms with van der Waals surface area (Å²) in [5.41, 5.74) is -0.893. The van der Waals surface area contributed by atoms with Gasteiger partial charge in [-0.2, -0.15) is 17.0 Å². The number of esters is 1. The van der Waals surface area contributed by atoms with Gasteiger partial charge in [-0.15, -0.1) is 0 Å². The summed E-state index contributed by atoms with van der Waals surface area (Å²) in [5.74, 6) is -0.0437. The molecule has 0 aromatic heterocycles. The third kappa shape index (κ3) is 5.22. The van der Waals surface area contributed by atoms with Gasteiger partial charge in [0.15, 0.2) is 5.60 Å². The second-order valence-corrected chi connectivity index (χ2v) is 5.95. The van der Waals surface area contributed by atoms with Crippen LogP contribution in [0, 0.1) is 11.3 Å². The second-order valence-electron chi connectivity index (χ2n) is 4.12. The van der Waals surface area contributed by atoms with Crippen LogP contribution < -0.4 is 0 Å². The fourth-order valence-electron chi connectivity index (χ4n) is 1.40. The van der Waals surface area contributed by atoms with Crippen molar-refractivity contribution in [3.8, 4) is 6.07 Å². The number of aliphatic hydroxyl groups is 1. The molecule has 20 heavy (non-hydrogen) atoms. The first kappa shape index (κ1) is 17.1. The van der Waals surface area contributed by atoms with Crippen LogP contribution in [0.2, 0.25) is 10.0 Å². The highest BCUT2D eigenvalue weighted by Crippen LogP contribution is 2.27. The van der Waals surface area contributed by atoms with E-state index < -0.39 is 11.6 Å². The van der Waals surface area contributed by atoms with Gasteiger partial charge in [0.05, 0.1) is 19.6 Å². The van der Waals surface area contributed by atoms with E-state index in [1.165, 1.54) is 18.9 Å². The highest BCUT2D eigenvalue weighted by Gasteiger charge is 2.30. The topological polar surface area (TPSA) is 70.3 Å². The molecule has 0 saturated heterocycles. The molecule has 0 bridgehead atoms. The van der Waals surface area contributed by atoms with Gasteiger partial charge in [0, 0.05) is 21.6 Å². The Kier molecular flexibility index (Phi) is 6.63. The Balaban J connectivity index is 2.57. The molecule has 0 amide bonds. The average molecular weight is 334 g/mol. The molecule has 1 unspecified atom stereocenters. The number of nitrogens with zero attached hydrogens (tertiary/aromatic N) is 1. The fourth-order valence-corrected chi connectivity index (χ4v) is 3.03. The number of carbonyl (C=O) groups excluding carboxylic acids is 1. The number of halogens is 2. The molecule has 0 spiro atoms. The first-order chi connectivity index (χ1) is 9.40. The first-order valence-corrected chi connectivity index (χ1v) is 7.53. The predicted octanol–water partition coefficient (Wildman–Crippen LogP) is 3.04. The van der Waals surface area contributed by atoms with E-state index >= 15 is 0 Å². The molecule has 0 radical (unpaired) electrons. The number of rotatable bonds is 6. The third-order valence-corrected chi connectivity index (χ3v) is 4.27. The quantitative estimate of drug-likeness (QED) is 0.640. The molecule has 1 aromatic rings. The smallest absolute Gasteiger partial charge is 0.309 e. The Morgan fingerprint density at radius 1 is 1.55 bits per heavy atom. The monoisotopic (exact) mass is 333 g/mol. The summed E-state index contributed by atoms with van der Waals surface area (Å²) in [6.07, 6.45) is -0.360. The van der Waals surface area contributed by atoms with Crippen LogP contribution in [-0.4, -0.2) is 29.5 Å². The van der Waals surface area contributed by atoms with Crippen molar-refractivity contribution in [3.63, 3.8) is 0 Å². The SMILES string of the molecule is COC(=O)CC(O)(C#N)CSCc1ccc(Cl)cc1Cl. The predicted molar refractivity (Wildman–Crippen MR) is 79.8 cm³/mol. The van der Waals surface area contributed by atoms with E-state index in [4.69, 9.17) is 28.5 Å². The lowest BCUT2D eigenvalue weighted by molar-refractivity contribution is -0.143. The number of ether oxygens (including phenoxy) is 1. The molecule has 1 aromatic carbocycles. The van der Waals surface area contributed by atoms with Gasteiger partial charge in [0.2, 0.25) is 0 Å². The van der Waals surface area contributed by atoms with Crippen LogP contribution in [0.5, 0.6) is 0 Å². The molecule has 0 fully saturated rings. The van der Waals surface area contributed by atoms with Gasteiger partial charge in [0.1, 0.15) is 0 Å². The fraction of sp³-hybridized carbons (Fsp3) is 0.385. The van der Waals surface area contributed by atoms with Crippen LogP contribution in [0.4, 0.5) is 0 Å². The second kappa shape index (κ2) is 7.75. The minimum atomic E-state index is -1.74. The number of thioether (sulfide) groups is 1. The van der Waals surface area contributed by atoms with Crippen molar-refractivity contribution >= 4 is 40.9 Å². The summed E-state index contributed by atoms with van der Waals surface area (Å²) in [6.45, 7) is 0. The molecule has 0 aliphatic carbocycles. The molecule has 1 atom stereocenters. The Hall–Kier alpha value is -0.930. The largest absolute Gasteiger partial charge is 0.469 e. The van der Waals surface area contributed by atoms with Crippen LogP contribution in [0.1, 0.15) is 12.0 Å². The van der Waals surface area contributed by atoms with Crippen LogP contribution in [0.15, 0.2) is 18.2 Å². The van der Waals surface area contributed by atoms with Gasteiger partial charge in [-0.05, 0) is 17.7 Å². The summed E-state index contributed by atoms with van der Waals surface area (Å²) in [5, 5.41) is 20.0. The average Bonchev–Trinajstić information content (AvgIpc) is 2.41. The Morgan fingerprint density at radius 3 is 2.80 bits per heavy atom. The minimum Gasteiger partial charge on any atom is -0.469 e. The van der Waals surface area contributed by atoms with Crippen molar-refractivity contribution in [1.82, 2.24) is 0 Å². The summed E-state index contributed by atoms with van der Waals surface area (Å²) in [6, 6.07) is 6.86. The molecule has 0 heterocycles. The van der Waals surface area contributed by atoms with Gasteiger partial charge in [-0.1, -0.05) is 29.3 Å². The van der Waals surface area contributed by atoms with E-state index in [0.29, 0.717) is 15.8 Å². The molecule has 0 aliphatic rings. The molecule has 7 heteroatoms. The third-order valence-electron chi connectivity index (χ3n) is 2.49. The molecular formula is C13H13Cl2NO3S. The van der Waals surface area contributed by atoms with Crippen LogP contribution in [-0.2, 0) is 15.3 Å². The summed E-state index contributed by atoms with van der Waals surface area (Å²) in [4.78, 5) is 11.1. The maximum absolute atomic E-state index is 11.1. The molecule has 1 rings (SSSR count). The van der Waals surface area contributed by atoms with E-state index in [0.717, 1.165) is 5.56 Å². The number of hydrogen-bond donors (Lipinski definition) is 1. The zero-order chi connectivity index (χ0) is 15.2. The zero-order valence-electron chi connectivity index (χ0n) is 10.7. The van der Waals surface area contributed by atoms with E-state index in [2.05, 4.69) is 4.74 Å². The minimum absolute atomic E-state index is 0.0809. The summed E-state index contributed by atoms with van der Waals surface area (Å²) < 4.78 is 4.45. The maximum atomic E-state index is 11.1. The van der Waals surface area contributed by atoms with Crippen molar-refractivity contribution in [3.05, 3.63) is 33.8 Å². The van der Waals surface area contributed by atoms with Gasteiger partial charge >= 0.3 is 5.97 Å². The van der Waals surface area contributed by atoms with Gasteiger partial charge < -0.3 is 9.84 Å². The molecular weight excluding hydrogens is 321 g/mol. The zero-order valence-corrected chi connectivity index (χ0v) is 13.1. The van der Waals surface area contributed by atoms with E-state index in [1.54, 1.807) is 24.3 Å². The Morgan fingerprint density at radius 2 is 2.25 bits per heavy atom. The normalized spacial score (nSPS) is 13.3.